The van der Waals surface area contributed by atoms with E-state index in [1.54, 1.807) is 19.2 Å². The molecule has 1 aromatic carbocycles. The summed E-state index contributed by atoms with van der Waals surface area (Å²) in [5, 5.41) is 0. The second-order valence-corrected chi connectivity index (χ2v) is 6.26. The summed E-state index contributed by atoms with van der Waals surface area (Å²) in [6.07, 6.45) is 7.42. The predicted octanol–water partition coefficient (Wildman–Crippen LogP) is 1.76. The highest BCUT2D eigenvalue weighted by Gasteiger charge is 2.46. The molecule has 1 amide bonds. The van der Waals surface area contributed by atoms with Crippen molar-refractivity contribution in [1.29, 1.82) is 0 Å². The van der Waals surface area contributed by atoms with E-state index in [0.29, 0.717) is 32.1 Å². The molecule has 0 bridgehead atoms. The zero-order valence-corrected chi connectivity index (χ0v) is 14.2. The maximum Gasteiger partial charge on any atom is 0.226 e. The number of guanidine groups is 1. The molecule has 1 aromatic rings. The van der Waals surface area contributed by atoms with Crippen LogP contribution in [0.3, 0.4) is 0 Å². The standard InChI is InChI=1S/C19H21FN4O/c1-3-8-22-19(21-2)24-11-9-23(10-12-24)18(25)17-13-16(17)14-4-6-15(20)7-5-14/h1,4-8,16-17H,9-13H2,2H3/b21-19+,22-8-/t16-,17-/m1/s1. The summed E-state index contributed by atoms with van der Waals surface area (Å²) >= 11 is 0. The van der Waals surface area contributed by atoms with Gasteiger partial charge in [-0.3, -0.25) is 9.79 Å². The van der Waals surface area contributed by atoms with Gasteiger partial charge in [-0.15, -0.1) is 6.42 Å². The van der Waals surface area contributed by atoms with Crippen LogP contribution in [0.2, 0.25) is 0 Å². The molecule has 130 valence electrons. The molecule has 0 N–H and O–H groups in total. The lowest BCUT2D eigenvalue weighted by molar-refractivity contribution is -0.133. The molecule has 25 heavy (non-hydrogen) atoms. The first-order valence-corrected chi connectivity index (χ1v) is 8.38. The largest absolute Gasteiger partial charge is 0.339 e. The molecule has 0 aromatic heterocycles. The van der Waals surface area contributed by atoms with Gasteiger partial charge in [-0.2, -0.15) is 0 Å². The molecule has 1 heterocycles. The van der Waals surface area contributed by atoms with Crippen LogP contribution in [0, 0.1) is 24.1 Å². The van der Waals surface area contributed by atoms with Crippen molar-refractivity contribution in [3.63, 3.8) is 0 Å². The first-order chi connectivity index (χ1) is 12.1. The van der Waals surface area contributed by atoms with Crippen LogP contribution >= 0.6 is 0 Å². The number of aliphatic imine (C=N–C) groups is 2. The van der Waals surface area contributed by atoms with Gasteiger partial charge in [0.15, 0.2) is 0 Å². The van der Waals surface area contributed by atoms with Crippen LogP contribution in [0.25, 0.3) is 0 Å². The fourth-order valence-corrected chi connectivity index (χ4v) is 3.28. The Kier molecular flexibility index (Phi) is 5.13. The summed E-state index contributed by atoms with van der Waals surface area (Å²) in [6.45, 7) is 2.68. The minimum Gasteiger partial charge on any atom is -0.339 e. The Morgan fingerprint density at radius 3 is 2.48 bits per heavy atom. The average Bonchev–Trinajstić information content (AvgIpc) is 3.43. The van der Waals surface area contributed by atoms with Crippen LogP contribution in [0.1, 0.15) is 17.9 Å². The van der Waals surface area contributed by atoms with E-state index in [4.69, 9.17) is 6.42 Å². The lowest BCUT2D eigenvalue weighted by Crippen LogP contribution is -2.50. The molecular weight excluding hydrogens is 319 g/mol. The Morgan fingerprint density at radius 1 is 1.24 bits per heavy atom. The van der Waals surface area contributed by atoms with Crippen molar-refractivity contribution < 1.29 is 9.18 Å². The van der Waals surface area contributed by atoms with Crippen molar-refractivity contribution in [3.8, 4) is 12.3 Å². The van der Waals surface area contributed by atoms with E-state index in [-0.39, 0.29) is 23.6 Å². The van der Waals surface area contributed by atoms with E-state index in [0.717, 1.165) is 12.0 Å². The van der Waals surface area contributed by atoms with E-state index in [1.807, 2.05) is 9.80 Å². The fraction of sp³-hybridized carbons (Fsp3) is 0.421. The van der Waals surface area contributed by atoms with Gasteiger partial charge in [-0.25, -0.2) is 9.38 Å². The van der Waals surface area contributed by atoms with Crippen LogP contribution in [-0.2, 0) is 4.79 Å². The monoisotopic (exact) mass is 340 g/mol. The Bertz CT molecular complexity index is 727. The minimum atomic E-state index is -0.246. The topological polar surface area (TPSA) is 48.3 Å². The Labute approximate surface area is 147 Å². The zero-order chi connectivity index (χ0) is 17.8. The third-order valence-corrected chi connectivity index (χ3v) is 4.73. The van der Waals surface area contributed by atoms with Crippen molar-refractivity contribution in [3.05, 3.63) is 35.6 Å². The van der Waals surface area contributed by atoms with Crippen molar-refractivity contribution >= 4 is 18.1 Å². The zero-order valence-electron chi connectivity index (χ0n) is 14.2. The maximum absolute atomic E-state index is 13.0. The van der Waals surface area contributed by atoms with Gasteiger partial charge in [0.25, 0.3) is 0 Å². The van der Waals surface area contributed by atoms with E-state index in [9.17, 15) is 9.18 Å². The van der Waals surface area contributed by atoms with Crippen molar-refractivity contribution in [1.82, 2.24) is 9.80 Å². The molecule has 2 atom stereocenters. The maximum atomic E-state index is 13.0. The molecule has 5 nitrogen and oxygen atoms in total. The van der Waals surface area contributed by atoms with Gasteiger partial charge in [0.05, 0.1) is 6.21 Å². The van der Waals surface area contributed by atoms with E-state index in [1.165, 1.54) is 18.3 Å². The third-order valence-electron chi connectivity index (χ3n) is 4.73. The van der Waals surface area contributed by atoms with Crippen LogP contribution in [0.15, 0.2) is 34.3 Å². The van der Waals surface area contributed by atoms with Gasteiger partial charge >= 0.3 is 0 Å². The van der Waals surface area contributed by atoms with Gasteiger partial charge in [0.1, 0.15) is 5.82 Å². The van der Waals surface area contributed by atoms with Crippen LogP contribution in [-0.4, -0.2) is 61.1 Å². The summed E-state index contributed by atoms with van der Waals surface area (Å²) < 4.78 is 13.0. The van der Waals surface area contributed by atoms with Crippen LogP contribution in [0.4, 0.5) is 4.39 Å². The van der Waals surface area contributed by atoms with E-state index in [2.05, 4.69) is 15.9 Å². The normalized spacial score (nSPS) is 23.6. The number of carbonyl (C=O) groups excluding carboxylic acids is 1. The Balaban J connectivity index is 1.54. The van der Waals surface area contributed by atoms with Crippen LogP contribution < -0.4 is 0 Å². The molecule has 2 fully saturated rings. The fourth-order valence-electron chi connectivity index (χ4n) is 3.28. The number of rotatable bonds is 2. The molecule has 1 aliphatic heterocycles. The van der Waals surface area contributed by atoms with Crippen molar-refractivity contribution in [2.75, 3.05) is 33.2 Å². The Morgan fingerprint density at radius 2 is 1.88 bits per heavy atom. The SMILES string of the molecule is C#C/C=N\C(=N/C)N1CCN(C(=O)[C@@H]2C[C@@H]2c2ccc(F)cc2)CC1. The van der Waals surface area contributed by atoms with Gasteiger partial charge < -0.3 is 9.80 Å². The third kappa shape index (κ3) is 3.87. The first-order valence-electron chi connectivity index (χ1n) is 8.38. The van der Waals surface area contributed by atoms with E-state index < -0.39 is 0 Å². The molecular formula is C19H21FN4O. The number of hydrogen-bond donors (Lipinski definition) is 0. The summed E-state index contributed by atoms with van der Waals surface area (Å²) in [6, 6.07) is 6.46. The van der Waals surface area contributed by atoms with Gasteiger partial charge in [-0.1, -0.05) is 18.1 Å². The summed E-state index contributed by atoms with van der Waals surface area (Å²) in [7, 11) is 1.68. The average molecular weight is 340 g/mol. The molecule has 0 unspecified atom stereocenters. The highest BCUT2D eigenvalue weighted by Crippen LogP contribution is 2.48. The number of terminal acetylenes is 1. The number of nitrogens with zero attached hydrogens (tertiary/aromatic N) is 4. The molecule has 0 spiro atoms. The lowest BCUT2D eigenvalue weighted by Gasteiger charge is -2.35. The molecule has 1 saturated heterocycles. The first kappa shape index (κ1) is 17.2. The highest BCUT2D eigenvalue weighted by molar-refractivity contribution is 5.93. The number of halogens is 1. The predicted molar refractivity (Wildman–Crippen MR) is 96.1 cm³/mol. The molecule has 1 saturated carbocycles. The smallest absolute Gasteiger partial charge is 0.226 e. The lowest BCUT2D eigenvalue weighted by atomic mass is 10.1. The van der Waals surface area contributed by atoms with Crippen molar-refractivity contribution in [2.24, 2.45) is 15.9 Å². The van der Waals surface area contributed by atoms with Gasteiger partial charge in [-0.05, 0) is 30.0 Å². The number of piperazine rings is 1. The number of benzene rings is 1. The van der Waals surface area contributed by atoms with Gasteiger partial charge in [0.2, 0.25) is 11.9 Å². The molecule has 3 rings (SSSR count). The van der Waals surface area contributed by atoms with Crippen molar-refractivity contribution in [2.45, 2.75) is 12.3 Å². The quantitative estimate of drug-likeness (QED) is 0.468. The van der Waals surface area contributed by atoms with E-state index >= 15 is 0 Å². The highest BCUT2D eigenvalue weighted by atomic mass is 19.1. The summed E-state index contributed by atoms with van der Waals surface area (Å²) in [5.74, 6) is 3.15. The molecule has 6 heteroatoms. The molecule has 1 aliphatic carbocycles. The molecule has 0 radical (unpaired) electrons. The summed E-state index contributed by atoms with van der Waals surface area (Å²) in [5.41, 5.74) is 1.04. The van der Waals surface area contributed by atoms with Crippen LogP contribution in [0.5, 0.6) is 0 Å². The number of carbonyl (C=O) groups is 1. The van der Waals surface area contributed by atoms with Gasteiger partial charge in [0, 0.05) is 39.1 Å². The second-order valence-electron chi connectivity index (χ2n) is 6.26. The number of hydrogen-bond acceptors (Lipinski definition) is 2. The Hall–Kier alpha value is -2.68. The minimum absolute atomic E-state index is 0.0239. The number of amides is 1. The molecule has 2 aliphatic rings. The second kappa shape index (κ2) is 7.47. The summed E-state index contributed by atoms with van der Waals surface area (Å²) in [4.78, 5) is 24.9.